The average Bonchev–Trinajstić information content (AvgIpc) is 3.33. The van der Waals surface area contributed by atoms with Crippen LogP contribution in [-0.2, 0) is 6.54 Å². The Hall–Kier alpha value is -4.32. The molecule has 0 unspecified atom stereocenters. The first kappa shape index (κ1) is 18.7. The summed E-state index contributed by atoms with van der Waals surface area (Å²) >= 11 is 0. The largest absolute Gasteiger partial charge is 0.347 e. The van der Waals surface area contributed by atoms with Gasteiger partial charge in [0.1, 0.15) is 0 Å². The summed E-state index contributed by atoms with van der Waals surface area (Å²) in [6, 6.07) is 30.6. The van der Waals surface area contributed by atoms with E-state index in [0.29, 0.717) is 12.5 Å². The van der Waals surface area contributed by atoms with Crippen LogP contribution >= 0.6 is 0 Å². The molecule has 0 aliphatic rings. The number of aromatic amines is 1. The summed E-state index contributed by atoms with van der Waals surface area (Å²) in [5.74, 6) is 0.463. The van der Waals surface area contributed by atoms with Crippen molar-refractivity contribution in [1.29, 1.82) is 0 Å². The van der Waals surface area contributed by atoms with E-state index in [1.54, 1.807) is 6.20 Å². The highest BCUT2D eigenvalue weighted by atomic mass is 15.2. The molecule has 2 heterocycles. The molecule has 0 atom stereocenters. The van der Waals surface area contributed by atoms with Gasteiger partial charge in [-0.25, -0.2) is 4.98 Å². The van der Waals surface area contributed by atoms with Gasteiger partial charge in [-0.2, -0.15) is 10.2 Å². The molecule has 0 spiro atoms. The second-order valence-corrected chi connectivity index (χ2v) is 7.07. The molecule has 6 nitrogen and oxygen atoms in total. The van der Waals surface area contributed by atoms with Gasteiger partial charge in [0.05, 0.1) is 29.8 Å². The minimum Gasteiger partial charge on any atom is -0.347 e. The normalized spacial score (nSPS) is 10.7. The molecule has 31 heavy (non-hydrogen) atoms. The average molecular weight is 404 g/mol. The summed E-state index contributed by atoms with van der Waals surface area (Å²) in [5, 5.41) is 19.0. The van der Waals surface area contributed by atoms with Crippen molar-refractivity contribution in [3.05, 3.63) is 103 Å². The molecule has 2 aromatic heterocycles. The molecule has 0 aliphatic heterocycles. The number of nitrogens with zero attached hydrogens (tertiary/aromatic N) is 4. The minimum atomic E-state index is 0.463. The van der Waals surface area contributed by atoms with Gasteiger partial charge < -0.3 is 5.32 Å². The Bertz CT molecular complexity index is 1280. The predicted octanol–water partition coefficient (Wildman–Crippen LogP) is 5.21. The van der Waals surface area contributed by atoms with E-state index in [4.69, 9.17) is 0 Å². The van der Waals surface area contributed by atoms with Crippen molar-refractivity contribution in [2.24, 2.45) is 0 Å². The monoisotopic (exact) mass is 404 g/mol. The highest BCUT2D eigenvalue weighted by molar-refractivity contribution is 5.81. The van der Waals surface area contributed by atoms with Gasteiger partial charge in [-0.3, -0.25) is 5.10 Å². The molecule has 6 heteroatoms. The Morgan fingerprint density at radius 2 is 1.42 bits per heavy atom. The van der Waals surface area contributed by atoms with E-state index >= 15 is 0 Å². The van der Waals surface area contributed by atoms with Crippen molar-refractivity contribution in [3.63, 3.8) is 0 Å². The number of nitrogens with one attached hydrogen (secondary N) is 2. The van der Waals surface area contributed by atoms with Crippen LogP contribution < -0.4 is 5.32 Å². The molecule has 2 N–H and O–H groups in total. The van der Waals surface area contributed by atoms with Crippen LogP contribution in [0.4, 0.5) is 5.95 Å². The number of aromatic nitrogens is 5. The first-order valence-corrected chi connectivity index (χ1v) is 10.0. The number of anilines is 1. The lowest BCUT2D eigenvalue weighted by atomic mass is 9.98. The Morgan fingerprint density at radius 3 is 2.19 bits per heavy atom. The van der Waals surface area contributed by atoms with Crippen LogP contribution in [0.3, 0.4) is 0 Å². The Labute approximate surface area is 180 Å². The van der Waals surface area contributed by atoms with E-state index in [9.17, 15) is 0 Å². The van der Waals surface area contributed by atoms with Crippen molar-refractivity contribution in [2.45, 2.75) is 6.54 Å². The summed E-state index contributed by atoms with van der Waals surface area (Å²) in [6.45, 7) is 0.495. The van der Waals surface area contributed by atoms with Crippen LogP contribution in [0, 0.1) is 0 Å². The number of hydrogen-bond acceptors (Lipinski definition) is 5. The molecule has 150 valence electrons. The minimum absolute atomic E-state index is 0.463. The zero-order valence-corrected chi connectivity index (χ0v) is 16.7. The molecule has 0 saturated carbocycles. The molecular formula is C25H20N6. The third-order valence-corrected chi connectivity index (χ3v) is 4.99. The van der Waals surface area contributed by atoms with Gasteiger partial charge in [-0.1, -0.05) is 84.9 Å². The quantitative estimate of drug-likeness (QED) is 0.406. The van der Waals surface area contributed by atoms with Crippen LogP contribution in [0.1, 0.15) is 5.69 Å². The predicted molar refractivity (Wildman–Crippen MR) is 122 cm³/mol. The van der Waals surface area contributed by atoms with E-state index in [2.05, 4.69) is 55.0 Å². The third kappa shape index (κ3) is 4.18. The van der Waals surface area contributed by atoms with Crippen LogP contribution in [0.25, 0.3) is 33.6 Å². The first-order valence-electron chi connectivity index (χ1n) is 10.0. The molecule has 0 radical (unpaired) electrons. The summed E-state index contributed by atoms with van der Waals surface area (Å²) in [6.07, 6.45) is 1.69. The maximum atomic E-state index is 4.69. The highest BCUT2D eigenvalue weighted by Crippen LogP contribution is 2.30. The van der Waals surface area contributed by atoms with Gasteiger partial charge in [-0.15, -0.1) is 5.10 Å². The van der Waals surface area contributed by atoms with Crippen molar-refractivity contribution in [3.8, 4) is 33.6 Å². The Kier molecular flexibility index (Phi) is 5.18. The molecule has 0 fully saturated rings. The maximum Gasteiger partial charge on any atom is 0.243 e. The van der Waals surface area contributed by atoms with E-state index in [1.807, 2.05) is 66.7 Å². The summed E-state index contributed by atoms with van der Waals surface area (Å²) < 4.78 is 0. The third-order valence-electron chi connectivity index (χ3n) is 4.99. The van der Waals surface area contributed by atoms with Crippen molar-refractivity contribution < 1.29 is 0 Å². The molecule has 0 amide bonds. The Balaban J connectivity index is 1.36. The maximum absolute atomic E-state index is 4.69. The lowest BCUT2D eigenvalue weighted by Crippen LogP contribution is -2.05. The summed E-state index contributed by atoms with van der Waals surface area (Å²) in [5.41, 5.74) is 6.96. The zero-order chi connectivity index (χ0) is 20.9. The molecular weight excluding hydrogens is 384 g/mol. The fraction of sp³-hybridized carbons (Fsp3) is 0.0400. The van der Waals surface area contributed by atoms with Crippen molar-refractivity contribution in [1.82, 2.24) is 25.4 Å². The fourth-order valence-electron chi connectivity index (χ4n) is 3.47. The number of H-pyrrole nitrogens is 1. The van der Waals surface area contributed by atoms with Crippen LogP contribution in [0.15, 0.2) is 97.2 Å². The van der Waals surface area contributed by atoms with Gasteiger partial charge in [0.25, 0.3) is 0 Å². The second-order valence-electron chi connectivity index (χ2n) is 7.07. The first-order chi connectivity index (χ1) is 15.4. The van der Waals surface area contributed by atoms with Crippen LogP contribution in [0.2, 0.25) is 0 Å². The van der Waals surface area contributed by atoms with Gasteiger partial charge in [0.2, 0.25) is 5.95 Å². The van der Waals surface area contributed by atoms with Gasteiger partial charge in [0.15, 0.2) is 0 Å². The molecule has 5 aromatic rings. The van der Waals surface area contributed by atoms with Crippen molar-refractivity contribution >= 4 is 5.95 Å². The molecule has 0 bridgehead atoms. The summed E-state index contributed by atoms with van der Waals surface area (Å²) in [7, 11) is 0. The van der Waals surface area contributed by atoms with E-state index in [1.165, 1.54) is 0 Å². The standard InChI is InChI=1S/C25H20N6/c1-3-9-18(10-4-1)21-13-7-8-14-22(21)24-17-27-31-25(28-24)26-16-20-15-23(30-29-20)19-11-5-2-6-12-19/h1-15,17H,16H2,(H,29,30)(H,26,28,31). The van der Waals surface area contributed by atoms with Crippen LogP contribution in [-0.4, -0.2) is 25.4 Å². The van der Waals surface area contributed by atoms with E-state index in [-0.39, 0.29) is 0 Å². The lowest BCUT2D eigenvalue weighted by molar-refractivity contribution is 0.923. The lowest BCUT2D eigenvalue weighted by Gasteiger charge is -2.10. The Morgan fingerprint density at radius 1 is 0.742 bits per heavy atom. The smallest absolute Gasteiger partial charge is 0.243 e. The molecule has 0 saturated heterocycles. The SMILES string of the molecule is c1ccc(-c2cc(CNc3nncc(-c4ccccc4-c4ccccc4)n3)n[nH]2)cc1. The molecule has 5 rings (SSSR count). The molecule has 3 aromatic carbocycles. The van der Waals surface area contributed by atoms with Gasteiger partial charge >= 0.3 is 0 Å². The number of hydrogen-bond donors (Lipinski definition) is 2. The zero-order valence-electron chi connectivity index (χ0n) is 16.7. The van der Waals surface area contributed by atoms with E-state index in [0.717, 1.165) is 39.3 Å². The summed E-state index contributed by atoms with van der Waals surface area (Å²) in [4.78, 5) is 4.69. The van der Waals surface area contributed by atoms with Crippen molar-refractivity contribution in [2.75, 3.05) is 5.32 Å². The topological polar surface area (TPSA) is 79.4 Å². The number of benzene rings is 3. The second kappa shape index (κ2) is 8.59. The highest BCUT2D eigenvalue weighted by Gasteiger charge is 2.10. The van der Waals surface area contributed by atoms with Gasteiger partial charge in [-0.05, 0) is 22.8 Å². The number of rotatable bonds is 6. The fourth-order valence-corrected chi connectivity index (χ4v) is 3.47. The van der Waals surface area contributed by atoms with E-state index < -0.39 is 0 Å². The van der Waals surface area contributed by atoms with Gasteiger partial charge in [0, 0.05) is 5.56 Å². The molecule has 0 aliphatic carbocycles. The van der Waals surface area contributed by atoms with Crippen LogP contribution in [0.5, 0.6) is 0 Å².